The molecule has 1 aliphatic rings. The molecule has 1 aromatic heterocycles. The van der Waals surface area contributed by atoms with Gasteiger partial charge in [-0.2, -0.15) is 4.31 Å². The summed E-state index contributed by atoms with van der Waals surface area (Å²) in [5.41, 5.74) is 2.91. The molecule has 8 heteroatoms. The van der Waals surface area contributed by atoms with Crippen LogP contribution in [0.3, 0.4) is 0 Å². The first-order valence-corrected chi connectivity index (χ1v) is 14.2. The molecule has 2 heterocycles. The minimum Gasteiger partial charge on any atom is -0.450 e. The second-order valence-corrected chi connectivity index (χ2v) is 11.8. The van der Waals surface area contributed by atoms with E-state index >= 15 is 0 Å². The maximum atomic E-state index is 13.3. The Hall–Kier alpha value is -3.75. The first-order chi connectivity index (χ1) is 18.2. The Morgan fingerprint density at radius 2 is 1.55 bits per heavy atom. The molecule has 1 fully saturated rings. The maximum absolute atomic E-state index is 13.3. The molecule has 1 aliphatic heterocycles. The maximum Gasteiger partial charge on any atom is 0.243 e. The number of fused-ring (bicyclic) bond motifs is 1. The van der Waals surface area contributed by atoms with Crippen LogP contribution in [0.5, 0.6) is 0 Å². The minimum absolute atomic E-state index is 0.0895. The summed E-state index contributed by atoms with van der Waals surface area (Å²) >= 11 is 0. The second-order valence-electron chi connectivity index (χ2n) is 9.89. The highest BCUT2D eigenvalue weighted by Crippen LogP contribution is 2.32. The van der Waals surface area contributed by atoms with Crippen molar-refractivity contribution in [1.29, 1.82) is 0 Å². The lowest BCUT2D eigenvalue weighted by molar-refractivity contribution is 0.0997. The Morgan fingerprint density at radius 3 is 2.24 bits per heavy atom. The Balaban J connectivity index is 1.34. The third-order valence-electron chi connectivity index (χ3n) is 7.10. The van der Waals surface area contributed by atoms with Crippen LogP contribution < -0.4 is 5.32 Å². The number of ketones is 2. The number of carbonyl (C=O) groups is 2. The Morgan fingerprint density at radius 1 is 0.921 bits per heavy atom. The van der Waals surface area contributed by atoms with Crippen LogP contribution in [-0.2, 0) is 10.0 Å². The number of aryl methyl sites for hydroxylation is 1. The summed E-state index contributed by atoms with van der Waals surface area (Å²) in [6, 6.07) is 20.5. The van der Waals surface area contributed by atoms with Crippen molar-refractivity contribution < 1.29 is 22.4 Å². The van der Waals surface area contributed by atoms with Gasteiger partial charge in [0, 0.05) is 29.6 Å². The van der Waals surface area contributed by atoms with E-state index in [2.05, 4.69) is 12.2 Å². The summed E-state index contributed by atoms with van der Waals surface area (Å²) in [5, 5.41) is 3.81. The number of sulfonamides is 1. The fourth-order valence-electron chi connectivity index (χ4n) is 4.67. The van der Waals surface area contributed by atoms with Crippen LogP contribution in [-0.4, -0.2) is 43.9 Å². The standard InChI is InChI=1S/C30H30N2O5S/c1-20-7-9-23(10-8-20)29(34)30-28(25-5-3-4-6-27(25)37-30)31-19-26(33)22-11-13-24(14-12-22)38(35,36)32-17-15-21(2)16-18-32/h3-14,21,31H,15-19H2,1-2H3. The number of nitrogens with zero attached hydrogens (tertiary/aromatic N) is 1. The summed E-state index contributed by atoms with van der Waals surface area (Å²) in [6.07, 6.45) is 1.69. The van der Waals surface area contributed by atoms with E-state index in [1.54, 1.807) is 18.2 Å². The molecule has 5 rings (SSSR count). The van der Waals surface area contributed by atoms with E-state index in [1.807, 2.05) is 37.3 Å². The third-order valence-corrected chi connectivity index (χ3v) is 9.01. The highest BCUT2D eigenvalue weighted by atomic mass is 32.2. The lowest BCUT2D eigenvalue weighted by Gasteiger charge is -2.29. The van der Waals surface area contributed by atoms with E-state index in [0.29, 0.717) is 46.8 Å². The Labute approximate surface area is 222 Å². The molecule has 3 aromatic carbocycles. The summed E-state index contributed by atoms with van der Waals surface area (Å²) in [6.45, 7) is 5.01. The quantitative estimate of drug-likeness (QED) is 0.294. The van der Waals surface area contributed by atoms with Crippen LogP contribution >= 0.6 is 0 Å². The SMILES string of the molecule is Cc1ccc(C(=O)c2oc3ccccc3c2NCC(=O)c2ccc(S(=O)(=O)N3CCC(C)CC3)cc2)cc1. The van der Waals surface area contributed by atoms with Crippen LogP contribution in [0.25, 0.3) is 11.0 Å². The lowest BCUT2D eigenvalue weighted by atomic mass is 10.0. The van der Waals surface area contributed by atoms with Gasteiger partial charge in [0.1, 0.15) is 5.58 Å². The molecule has 0 spiro atoms. The average Bonchev–Trinajstić information content (AvgIpc) is 3.30. The summed E-state index contributed by atoms with van der Waals surface area (Å²) in [7, 11) is -3.59. The molecule has 38 heavy (non-hydrogen) atoms. The van der Waals surface area contributed by atoms with E-state index in [1.165, 1.54) is 28.6 Å². The van der Waals surface area contributed by atoms with Crippen molar-refractivity contribution >= 4 is 38.2 Å². The number of Topliss-reactive ketones (excluding diaryl/α,β-unsaturated/α-hetero) is 1. The van der Waals surface area contributed by atoms with Crippen LogP contribution in [0, 0.1) is 12.8 Å². The molecule has 4 aromatic rings. The van der Waals surface area contributed by atoms with Gasteiger partial charge >= 0.3 is 0 Å². The molecule has 1 saturated heterocycles. The van der Waals surface area contributed by atoms with Gasteiger partial charge in [-0.3, -0.25) is 9.59 Å². The molecular formula is C30H30N2O5S. The highest BCUT2D eigenvalue weighted by Gasteiger charge is 2.28. The summed E-state index contributed by atoms with van der Waals surface area (Å²) < 4.78 is 33.4. The van der Waals surface area contributed by atoms with Gasteiger partial charge in [0.05, 0.1) is 17.1 Å². The lowest BCUT2D eigenvalue weighted by Crippen LogP contribution is -2.37. The Bertz CT molecular complexity index is 1580. The van der Waals surface area contributed by atoms with Crippen LogP contribution in [0.2, 0.25) is 0 Å². The normalized spacial score (nSPS) is 15.0. The minimum atomic E-state index is -3.59. The number of anilines is 1. The van der Waals surface area contributed by atoms with Gasteiger partial charge < -0.3 is 9.73 Å². The van der Waals surface area contributed by atoms with Gasteiger partial charge in [-0.05, 0) is 62.1 Å². The van der Waals surface area contributed by atoms with Gasteiger partial charge in [-0.25, -0.2) is 8.42 Å². The molecule has 7 nitrogen and oxygen atoms in total. The second kappa shape index (κ2) is 10.6. The van der Waals surface area contributed by atoms with Crippen molar-refractivity contribution in [3.63, 3.8) is 0 Å². The number of furan rings is 1. The van der Waals surface area contributed by atoms with Gasteiger partial charge in [0.15, 0.2) is 11.5 Å². The van der Waals surface area contributed by atoms with E-state index in [-0.39, 0.29) is 28.8 Å². The molecule has 0 bridgehead atoms. The van der Waals surface area contributed by atoms with Crippen molar-refractivity contribution in [3.8, 4) is 0 Å². The molecule has 0 radical (unpaired) electrons. The number of hydrogen-bond acceptors (Lipinski definition) is 6. The monoisotopic (exact) mass is 530 g/mol. The van der Waals surface area contributed by atoms with Crippen molar-refractivity contribution in [2.45, 2.75) is 31.6 Å². The molecular weight excluding hydrogens is 500 g/mol. The van der Waals surface area contributed by atoms with Crippen molar-refractivity contribution in [2.75, 3.05) is 25.0 Å². The molecule has 0 unspecified atom stereocenters. The van der Waals surface area contributed by atoms with E-state index < -0.39 is 10.0 Å². The van der Waals surface area contributed by atoms with Crippen LogP contribution in [0.15, 0.2) is 82.1 Å². The van der Waals surface area contributed by atoms with E-state index in [4.69, 9.17) is 4.42 Å². The topological polar surface area (TPSA) is 96.7 Å². The predicted octanol–water partition coefficient (Wildman–Crippen LogP) is 5.69. The molecule has 196 valence electrons. The fraction of sp³-hybridized carbons (Fsp3) is 0.267. The van der Waals surface area contributed by atoms with Crippen molar-refractivity contribution in [1.82, 2.24) is 4.31 Å². The molecule has 0 aliphatic carbocycles. The molecule has 0 amide bonds. The zero-order valence-corrected chi connectivity index (χ0v) is 22.3. The van der Waals surface area contributed by atoms with Gasteiger partial charge in [0.2, 0.25) is 15.8 Å². The molecule has 0 saturated carbocycles. The molecule has 0 atom stereocenters. The number of hydrogen-bond donors (Lipinski definition) is 1. The zero-order valence-electron chi connectivity index (χ0n) is 21.4. The molecule has 1 N–H and O–H groups in total. The summed E-state index contributed by atoms with van der Waals surface area (Å²) in [5.74, 6) is 0.145. The van der Waals surface area contributed by atoms with Gasteiger partial charge in [-0.15, -0.1) is 0 Å². The van der Waals surface area contributed by atoms with Crippen LogP contribution in [0.4, 0.5) is 5.69 Å². The smallest absolute Gasteiger partial charge is 0.243 e. The first-order valence-electron chi connectivity index (χ1n) is 12.7. The van der Waals surface area contributed by atoms with Crippen molar-refractivity contribution in [2.24, 2.45) is 5.92 Å². The number of rotatable bonds is 8. The number of para-hydroxylation sites is 1. The van der Waals surface area contributed by atoms with Crippen LogP contribution in [0.1, 0.15) is 51.8 Å². The van der Waals surface area contributed by atoms with E-state index in [9.17, 15) is 18.0 Å². The van der Waals surface area contributed by atoms with E-state index in [0.717, 1.165) is 18.4 Å². The number of carbonyl (C=O) groups excluding carboxylic acids is 2. The number of nitrogens with one attached hydrogen (secondary N) is 1. The third kappa shape index (κ3) is 5.14. The van der Waals surface area contributed by atoms with Gasteiger partial charge in [0.25, 0.3) is 0 Å². The predicted molar refractivity (Wildman–Crippen MR) is 147 cm³/mol. The first kappa shape index (κ1) is 25.9. The highest BCUT2D eigenvalue weighted by molar-refractivity contribution is 7.89. The number of benzene rings is 3. The summed E-state index contributed by atoms with van der Waals surface area (Å²) in [4.78, 5) is 26.5. The number of piperidine rings is 1. The average molecular weight is 531 g/mol. The van der Waals surface area contributed by atoms with Crippen molar-refractivity contribution in [3.05, 3.63) is 95.2 Å². The largest absolute Gasteiger partial charge is 0.450 e. The fourth-order valence-corrected chi connectivity index (χ4v) is 6.14. The zero-order chi connectivity index (χ0) is 26.9. The Kier molecular flexibility index (Phi) is 7.19. The van der Waals surface area contributed by atoms with Gasteiger partial charge in [-0.1, -0.05) is 48.9 Å².